The van der Waals surface area contributed by atoms with Crippen molar-refractivity contribution in [2.45, 2.75) is 18.6 Å². The fourth-order valence-corrected chi connectivity index (χ4v) is 1.02. The van der Waals surface area contributed by atoms with Crippen molar-refractivity contribution >= 4 is 5.91 Å². The van der Waals surface area contributed by atoms with E-state index >= 15 is 0 Å². The third-order valence-electron chi connectivity index (χ3n) is 1.71. The van der Waals surface area contributed by atoms with Crippen LogP contribution in [0.15, 0.2) is 0 Å². The molecule has 1 aliphatic rings. The Labute approximate surface area is 62.0 Å². The van der Waals surface area contributed by atoms with Gasteiger partial charge in [-0.25, -0.2) is 0 Å². The summed E-state index contributed by atoms with van der Waals surface area (Å²) in [6.07, 6.45) is -3.46. The van der Waals surface area contributed by atoms with Crippen LogP contribution in [0, 0.1) is 6.42 Å². The Bertz CT molecular complexity index is 177. The predicted molar refractivity (Wildman–Crippen MR) is 31.5 cm³/mol. The highest BCUT2D eigenvalue weighted by atomic mass is 19.4. The Hall–Kier alpha value is -0.740. The summed E-state index contributed by atoms with van der Waals surface area (Å²) in [5.41, 5.74) is 0. The summed E-state index contributed by atoms with van der Waals surface area (Å²) in [6.45, 7) is 0. The van der Waals surface area contributed by atoms with E-state index in [4.69, 9.17) is 0 Å². The van der Waals surface area contributed by atoms with Gasteiger partial charge in [-0.3, -0.25) is 4.79 Å². The molecule has 63 valence electrons. The molecule has 0 saturated carbocycles. The number of nitrogens with zero attached hydrogens (tertiary/aromatic N) is 1. The third-order valence-corrected chi connectivity index (χ3v) is 1.71. The van der Waals surface area contributed by atoms with E-state index in [-0.39, 0.29) is 6.42 Å². The second-order valence-electron chi connectivity index (χ2n) is 2.45. The van der Waals surface area contributed by atoms with Crippen LogP contribution in [-0.2, 0) is 4.79 Å². The second-order valence-corrected chi connectivity index (χ2v) is 2.45. The molecule has 11 heavy (non-hydrogen) atoms. The first-order chi connectivity index (χ1) is 4.93. The van der Waals surface area contributed by atoms with Crippen molar-refractivity contribution in [3.05, 3.63) is 6.42 Å². The molecule has 0 spiro atoms. The molecule has 1 radical (unpaired) electrons. The van der Waals surface area contributed by atoms with E-state index in [9.17, 15) is 18.0 Å². The van der Waals surface area contributed by atoms with Gasteiger partial charge in [0.2, 0.25) is 5.91 Å². The number of likely N-dealkylation sites (tertiary alicyclic amines) is 1. The van der Waals surface area contributed by atoms with Gasteiger partial charge in [0.1, 0.15) is 6.04 Å². The first kappa shape index (κ1) is 8.36. The summed E-state index contributed by atoms with van der Waals surface area (Å²) in [5, 5.41) is 0. The van der Waals surface area contributed by atoms with Gasteiger partial charge in [0.05, 0.1) is 6.42 Å². The minimum atomic E-state index is -4.29. The fourth-order valence-electron chi connectivity index (χ4n) is 1.02. The molecule has 0 aromatic heterocycles. The number of amides is 1. The van der Waals surface area contributed by atoms with E-state index in [0.717, 1.165) is 13.5 Å². The van der Waals surface area contributed by atoms with E-state index in [2.05, 4.69) is 0 Å². The van der Waals surface area contributed by atoms with Crippen LogP contribution in [-0.4, -0.2) is 30.1 Å². The van der Waals surface area contributed by atoms with Gasteiger partial charge in [0, 0.05) is 7.05 Å². The lowest BCUT2D eigenvalue weighted by molar-refractivity contribution is -0.177. The van der Waals surface area contributed by atoms with Gasteiger partial charge < -0.3 is 4.90 Å². The molecule has 1 saturated heterocycles. The van der Waals surface area contributed by atoms with Crippen molar-refractivity contribution in [3.8, 4) is 0 Å². The van der Waals surface area contributed by atoms with Crippen LogP contribution in [0.2, 0.25) is 0 Å². The van der Waals surface area contributed by atoms with Crippen molar-refractivity contribution in [2.75, 3.05) is 7.05 Å². The monoisotopic (exact) mass is 166 g/mol. The minimum absolute atomic E-state index is 0.223. The zero-order chi connectivity index (χ0) is 8.65. The molecule has 1 heterocycles. The van der Waals surface area contributed by atoms with E-state index in [1.165, 1.54) is 0 Å². The molecule has 2 nitrogen and oxygen atoms in total. The SMILES string of the molecule is CN1C(=O)[CH]CC1C(F)(F)F. The number of hydrogen-bond donors (Lipinski definition) is 0. The van der Waals surface area contributed by atoms with Crippen molar-refractivity contribution in [3.63, 3.8) is 0 Å². The Morgan fingerprint density at radius 2 is 2.18 bits per heavy atom. The van der Waals surface area contributed by atoms with Crippen LogP contribution >= 0.6 is 0 Å². The summed E-state index contributed by atoms with van der Waals surface area (Å²) in [4.78, 5) is 11.3. The first-order valence-electron chi connectivity index (χ1n) is 3.09. The zero-order valence-electron chi connectivity index (χ0n) is 5.85. The highest BCUT2D eigenvalue weighted by molar-refractivity contribution is 5.87. The standard InChI is InChI=1S/C6H7F3NO/c1-10-4(6(7,8)9)2-3-5(10)11/h3-4H,2H2,1H3. The number of halogens is 3. The summed E-state index contributed by atoms with van der Waals surface area (Å²) in [7, 11) is 1.16. The van der Waals surface area contributed by atoms with Gasteiger partial charge in [0.15, 0.2) is 0 Å². The third kappa shape index (κ3) is 1.46. The average molecular weight is 166 g/mol. The molecule has 0 bridgehead atoms. The molecule has 1 unspecified atom stereocenters. The maximum Gasteiger partial charge on any atom is 0.408 e. The molecule has 0 aromatic carbocycles. The highest BCUT2D eigenvalue weighted by Crippen LogP contribution is 2.31. The lowest BCUT2D eigenvalue weighted by Crippen LogP contribution is -2.40. The molecule has 5 heteroatoms. The quantitative estimate of drug-likeness (QED) is 0.525. The molecule has 0 N–H and O–H groups in total. The number of hydrogen-bond acceptors (Lipinski definition) is 1. The topological polar surface area (TPSA) is 20.3 Å². The van der Waals surface area contributed by atoms with Crippen LogP contribution in [0.3, 0.4) is 0 Å². The van der Waals surface area contributed by atoms with Crippen LogP contribution in [0.4, 0.5) is 13.2 Å². The van der Waals surface area contributed by atoms with E-state index < -0.39 is 18.1 Å². The molecular weight excluding hydrogens is 159 g/mol. The van der Waals surface area contributed by atoms with Gasteiger partial charge in [-0.2, -0.15) is 13.2 Å². The summed E-state index contributed by atoms with van der Waals surface area (Å²) < 4.78 is 35.9. The first-order valence-corrected chi connectivity index (χ1v) is 3.09. The lowest BCUT2D eigenvalue weighted by Gasteiger charge is -2.21. The largest absolute Gasteiger partial charge is 0.408 e. The average Bonchev–Trinajstić information content (AvgIpc) is 2.11. The van der Waals surface area contributed by atoms with E-state index in [0.29, 0.717) is 4.90 Å². The zero-order valence-corrected chi connectivity index (χ0v) is 5.85. The summed E-state index contributed by atoms with van der Waals surface area (Å²) in [5.74, 6) is -0.549. The van der Waals surface area contributed by atoms with Gasteiger partial charge in [-0.1, -0.05) is 0 Å². The molecule has 1 fully saturated rings. The van der Waals surface area contributed by atoms with Crippen LogP contribution < -0.4 is 0 Å². The number of rotatable bonds is 0. The highest BCUT2D eigenvalue weighted by Gasteiger charge is 2.47. The second kappa shape index (κ2) is 2.39. The smallest absolute Gasteiger partial charge is 0.333 e. The maximum atomic E-state index is 12.0. The van der Waals surface area contributed by atoms with Gasteiger partial charge in [-0.05, 0) is 6.42 Å². The fraction of sp³-hybridized carbons (Fsp3) is 0.667. The number of carbonyl (C=O) groups is 1. The van der Waals surface area contributed by atoms with Gasteiger partial charge in [-0.15, -0.1) is 0 Å². The lowest BCUT2D eigenvalue weighted by atomic mass is 10.2. The Morgan fingerprint density at radius 1 is 1.64 bits per heavy atom. The van der Waals surface area contributed by atoms with E-state index in [1.807, 2.05) is 0 Å². The molecular formula is C6H7F3NO. The van der Waals surface area contributed by atoms with Crippen molar-refractivity contribution in [1.29, 1.82) is 0 Å². The van der Waals surface area contributed by atoms with Crippen molar-refractivity contribution in [2.24, 2.45) is 0 Å². The van der Waals surface area contributed by atoms with Crippen LogP contribution in [0.25, 0.3) is 0 Å². The molecule has 1 rings (SSSR count). The summed E-state index contributed by atoms with van der Waals surface area (Å²) in [6, 6.07) is -1.62. The molecule has 1 atom stereocenters. The molecule has 1 amide bonds. The normalized spacial score (nSPS) is 26.4. The number of alkyl halides is 3. The molecule has 0 aliphatic carbocycles. The molecule has 1 aliphatic heterocycles. The Kier molecular flexibility index (Phi) is 1.82. The van der Waals surface area contributed by atoms with Crippen molar-refractivity contribution in [1.82, 2.24) is 4.90 Å². The molecule has 0 aromatic rings. The number of carbonyl (C=O) groups excluding carboxylic acids is 1. The minimum Gasteiger partial charge on any atom is -0.333 e. The maximum absolute atomic E-state index is 12.0. The van der Waals surface area contributed by atoms with E-state index in [1.54, 1.807) is 0 Å². The summed E-state index contributed by atoms with van der Waals surface area (Å²) >= 11 is 0. The van der Waals surface area contributed by atoms with Gasteiger partial charge in [0.25, 0.3) is 0 Å². The van der Waals surface area contributed by atoms with Crippen LogP contribution in [0.5, 0.6) is 0 Å². The van der Waals surface area contributed by atoms with Crippen LogP contribution in [0.1, 0.15) is 6.42 Å². The van der Waals surface area contributed by atoms with Crippen molar-refractivity contribution < 1.29 is 18.0 Å². The Morgan fingerprint density at radius 3 is 2.36 bits per heavy atom. The Balaban J connectivity index is 2.70. The predicted octanol–water partition coefficient (Wildman–Crippen LogP) is 0.984. The van der Waals surface area contributed by atoms with Gasteiger partial charge >= 0.3 is 6.18 Å².